The Morgan fingerprint density at radius 3 is 2.45 bits per heavy atom. The molecule has 0 saturated heterocycles. The molecular weight excluding hydrogens is 418 g/mol. The molecule has 0 aliphatic rings. The maximum atomic E-state index is 14.4. The third-order valence-electron chi connectivity index (χ3n) is 4.86. The van der Waals surface area contributed by atoms with E-state index in [4.69, 9.17) is 4.74 Å². The zero-order valence-corrected chi connectivity index (χ0v) is 17.7. The van der Waals surface area contributed by atoms with E-state index < -0.39 is 17.5 Å². The Hall–Kier alpha value is -3.16. The van der Waals surface area contributed by atoms with E-state index in [1.165, 1.54) is 18.7 Å². The first-order valence-electron chi connectivity index (χ1n) is 9.74. The van der Waals surface area contributed by atoms with Gasteiger partial charge in [0.1, 0.15) is 5.82 Å². The molecule has 0 bridgehead atoms. The summed E-state index contributed by atoms with van der Waals surface area (Å²) >= 11 is 1.07. The summed E-state index contributed by atoms with van der Waals surface area (Å²) in [5, 5.41) is 0. The van der Waals surface area contributed by atoms with E-state index in [-0.39, 0.29) is 5.52 Å². The van der Waals surface area contributed by atoms with Crippen LogP contribution in [0.4, 0.5) is 8.78 Å². The van der Waals surface area contributed by atoms with E-state index >= 15 is 0 Å². The van der Waals surface area contributed by atoms with E-state index in [9.17, 15) is 13.6 Å². The Bertz CT molecular complexity index is 1280. The van der Waals surface area contributed by atoms with Gasteiger partial charge in [-0.15, -0.1) is 0 Å². The van der Waals surface area contributed by atoms with Gasteiger partial charge in [-0.1, -0.05) is 53.8 Å². The van der Waals surface area contributed by atoms with Gasteiger partial charge in [0.15, 0.2) is 10.6 Å². The second-order valence-corrected chi connectivity index (χ2v) is 8.05. The average molecular weight is 438 g/mol. The average Bonchev–Trinajstić information content (AvgIpc) is 3.10. The van der Waals surface area contributed by atoms with Gasteiger partial charge in [0.2, 0.25) is 0 Å². The van der Waals surface area contributed by atoms with E-state index in [1.807, 2.05) is 30.3 Å². The molecule has 1 aromatic heterocycles. The minimum absolute atomic E-state index is 0.216. The Morgan fingerprint density at radius 1 is 1.03 bits per heavy atom. The molecule has 0 spiro atoms. The fourth-order valence-corrected chi connectivity index (χ4v) is 4.45. The van der Waals surface area contributed by atoms with Crippen molar-refractivity contribution in [3.05, 3.63) is 99.9 Å². The fraction of sp³-hybridized carbons (Fsp3) is 0.167. The number of aromatic nitrogens is 1. The molecule has 0 atom stereocenters. The van der Waals surface area contributed by atoms with Gasteiger partial charge in [-0.3, -0.25) is 4.79 Å². The van der Waals surface area contributed by atoms with Gasteiger partial charge in [-0.05, 0) is 35.7 Å². The smallest absolute Gasteiger partial charge is 0.279 e. The Balaban J connectivity index is 1.66. The predicted octanol–water partition coefficient (Wildman–Crippen LogP) is 4.96. The normalized spacial score (nSPS) is 11.9. The van der Waals surface area contributed by atoms with Gasteiger partial charge in [0.25, 0.3) is 5.91 Å². The number of halogens is 2. The zero-order chi connectivity index (χ0) is 21.8. The van der Waals surface area contributed by atoms with Crippen LogP contribution in [0.25, 0.3) is 10.2 Å². The maximum Gasteiger partial charge on any atom is 0.279 e. The van der Waals surface area contributed by atoms with E-state index in [0.29, 0.717) is 28.2 Å². The standard InChI is InChI=1S/C24H20F2N2O2S/c1-30-12-11-28-22-20(26)14-19(25)15-21(22)31-24(28)27-23(29)18-9-7-17(8-10-18)13-16-5-3-2-4-6-16/h2-10,14-15H,11-13H2,1H3. The SMILES string of the molecule is COCCn1c(=NC(=O)c2ccc(Cc3ccccc3)cc2)sc2cc(F)cc(F)c21. The summed E-state index contributed by atoms with van der Waals surface area (Å²) in [6, 6.07) is 19.4. The highest BCUT2D eigenvalue weighted by Gasteiger charge is 2.14. The molecule has 0 radical (unpaired) electrons. The number of ether oxygens (including phenoxy) is 1. The largest absolute Gasteiger partial charge is 0.383 e. The number of rotatable bonds is 6. The van der Waals surface area contributed by atoms with Crippen molar-refractivity contribution in [1.29, 1.82) is 0 Å². The Morgan fingerprint density at radius 2 is 1.74 bits per heavy atom. The zero-order valence-electron chi connectivity index (χ0n) is 16.8. The molecule has 0 unspecified atom stereocenters. The van der Waals surface area contributed by atoms with Gasteiger partial charge < -0.3 is 9.30 Å². The topological polar surface area (TPSA) is 43.6 Å². The van der Waals surface area contributed by atoms with Gasteiger partial charge in [-0.25, -0.2) is 8.78 Å². The quantitative estimate of drug-likeness (QED) is 0.427. The summed E-state index contributed by atoms with van der Waals surface area (Å²) in [6.45, 7) is 0.597. The van der Waals surface area contributed by atoms with Crippen LogP contribution in [0.3, 0.4) is 0 Å². The molecule has 4 aromatic rings. The number of carbonyl (C=O) groups is 1. The molecule has 4 nitrogen and oxygen atoms in total. The molecule has 7 heteroatoms. The minimum Gasteiger partial charge on any atom is -0.383 e. The molecule has 0 aliphatic carbocycles. The highest BCUT2D eigenvalue weighted by molar-refractivity contribution is 7.16. The Kier molecular flexibility index (Phi) is 6.34. The molecule has 1 amide bonds. The predicted molar refractivity (Wildman–Crippen MR) is 117 cm³/mol. The van der Waals surface area contributed by atoms with Gasteiger partial charge in [0.05, 0.1) is 16.8 Å². The highest BCUT2D eigenvalue weighted by atomic mass is 32.1. The first kappa shape index (κ1) is 21.1. The van der Waals surface area contributed by atoms with Crippen molar-refractivity contribution >= 4 is 27.5 Å². The van der Waals surface area contributed by atoms with Crippen LogP contribution < -0.4 is 4.80 Å². The molecule has 31 heavy (non-hydrogen) atoms. The first-order valence-corrected chi connectivity index (χ1v) is 10.6. The van der Waals surface area contributed by atoms with Crippen molar-refractivity contribution in [3.8, 4) is 0 Å². The van der Waals surface area contributed by atoms with Crippen LogP contribution in [0.5, 0.6) is 0 Å². The summed E-state index contributed by atoms with van der Waals surface area (Å²) < 4.78 is 35.1. The van der Waals surface area contributed by atoms with Crippen LogP contribution in [-0.2, 0) is 17.7 Å². The second-order valence-electron chi connectivity index (χ2n) is 7.04. The molecule has 4 rings (SSSR count). The van der Waals surface area contributed by atoms with Crippen molar-refractivity contribution in [1.82, 2.24) is 4.57 Å². The van der Waals surface area contributed by atoms with E-state index in [1.54, 1.807) is 16.7 Å². The maximum absolute atomic E-state index is 14.4. The number of fused-ring (bicyclic) bond motifs is 1. The van der Waals surface area contributed by atoms with Crippen LogP contribution >= 0.6 is 11.3 Å². The lowest BCUT2D eigenvalue weighted by Crippen LogP contribution is -2.20. The van der Waals surface area contributed by atoms with Gasteiger partial charge in [-0.2, -0.15) is 4.99 Å². The molecule has 0 aliphatic heterocycles. The van der Waals surface area contributed by atoms with Crippen LogP contribution in [0.15, 0.2) is 71.7 Å². The third kappa shape index (κ3) is 4.78. The van der Waals surface area contributed by atoms with Gasteiger partial charge in [0, 0.05) is 25.3 Å². The van der Waals surface area contributed by atoms with Crippen LogP contribution in [0.1, 0.15) is 21.5 Å². The van der Waals surface area contributed by atoms with Gasteiger partial charge >= 0.3 is 0 Å². The lowest BCUT2D eigenvalue weighted by Gasteiger charge is -2.05. The number of thiazole rings is 1. The van der Waals surface area contributed by atoms with Crippen molar-refractivity contribution in [3.63, 3.8) is 0 Å². The third-order valence-corrected chi connectivity index (χ3v) is 5.89. The summed E-state index contributed by atoms with van der Waals surface area (Å²) in [4.78, 5) is 17.3. The van der Waals surface area contributed by atoms with E-state index in [2.05, 4.69) is 17.1 Å². The number of amides is 1. The molecule has 0 fully saturated rings. The molecule has 0 saturated carbocycles. The number of hydrogen-bond acceptors (Lipinski definition) is 3. The number of benzene rings is 3. The number of nitrogens with zero attached hydrogens (tertiary/aromatic N) is 2. The molecular formula is C24H20F2N2O2S. The summed E-state index contributed by atoms with van der Waals surface area (Å²) in [5.41, 5.74) is 2.91. The molecule has 0 N–H and O–H groups in total. The molecule has 3 aromatic carbocycles. The van der Waals surface area contributed by atoms with Crippen molar-refractivity contribution in [2.24, 2.45) is 4.99 Å². The summed E-state index contributed by atoms with van der Waals surface area (Å²) in [7, 11) is 1.53. The second kappa shape index (κ2) is 9.32. The lowest BCUT2D eigenvalue weighted by atomic mass is 10.0. The van der Waals surface area contributed by atoms with Crippen LogP contribution in [0, 0.1) is 11.6 Å². The monoisotopic (exact) mass is 438 g/mol. The molecule has 1 heterocycles. The summed E-state index contributed by atoms with van der Waals surface area (Å²) in [5.74, 6) is -1.80. The van der Waals surface area contributed by atoms with Crippen LogP contribution in [-0.4, -0.2) is 24.2 Å². The fourth-order valence-electron chi connectivity index (χ4n) is 3.35. The van der Waals surface area contributed by atoms with Crippen LogP contribution in [0.2, 0.25) is 0 Å². The van der Waals surface area contributed by atoms with Crippen molar-refractivity contribution in [2.75, 3.05) is 13.7 Å². The number of hydrogen-bond donors (Lipinski definition) is 0. The molecule has 158 valence electrons. The lowest BCUT2D eigenvalue weighted by molar-refractivity contribution is 0.0997. The summed E-state index contributed by atoms with van der Waals surface area (Å²) in [6.07, 6.45) is 0.768. The van der Waals surface area contributed by atoms with Crippen molar-refractivity contribution in [2.45, 2.75) is 13.0 Å². The highest BCUT2D eigenvalue weighted by Crippen LogP contribution is 2.22. The number of carbonyl (C=O) groups excluding carboxylic acids is 1. The first-order chi connectivity index (χ1) is 15.0. The number of methoxy groups -OCH3 is 1. The van der Waals surface area contributed by atoms with Crippen molar-refractivity contribution < 1.29 is 18.3 Å². The minimum atomic E-state index is -0.693. The van der Waals surface area contributed by atoms with E-state index in [0.717, 1.165) is 29.4 Å². The Labute approximate surface area is 182 Å².